The van der Waals surface area contributed by atoms with Gasteiger partial charge in [0.1, 0.15) is 0 Å². The van der Waals surface area contributed by atoms with Gasteiger partial charge in [-0.15, -0.1) is 0 Å². The second kappa shape index (κ2) is 10.1. The lowest BCUT2D eigenvalue weighted by molar-refractivity contribution is -0.862. The molecule has 1 unspecified atom stereocenters. The number of hydrogen-bond donors (Lipinski definition) is 2. The fourth-order valence-corrected chi connectivity index (χ4v) is 2.60. The molecule has 1 atom stereocenters. The van der Waals surface area contributed by atoms with E-state index in [1.807, 2.05) is 50.9 Å². The van der Waals surface area contributed by atoms with Crippen molar-refractivity contribution in [2.24, 2.45) is 0 Å². The first kappa shape index (κ1) is 20.2. The van der Waals surface area contributed by atoms with E-state index in [0.29, 0.717) is 6.54 Å². The summed E-state index contributed by atoms with van der Waals surface area (Å²) in [5.74, 6) is 0.0496. The first-order valence-electron chi connectivity index (χ1n) is 8.84. The van der Waals surface area contributed by atoms with Crippen molar-refractivity contribution in [1.29, 1.82) is 0 Å². The number of carbonyl (C=O) groups is 2. The van der Waals surface area contributed by atoms with Gasteiger partial charge in [0.15, 0.2) is 13.1 Å². The van der Waals surface area contributed by atoms with Crippen LogP contribution in [0.1, 0.15) is 37.8 Å². The molecular weight excluding hydrogens is 302 g/mol. The van der Waals surface area contributed by atoms with Crippen LogP contribution in [0.3, 0.4) is 0 Å². The molecule has 1 aromatic rings. The fourth-order valence-electron chi connectivity index (χ4n) is 2.60. The van der Waals surface area contributed by atoms with Crippen LogP contribution in [0.25, 0.3) is 0 Å². The topological polar surface area (TPSA) is 53.9 Å². The van der Waals surface area contributed by atoms with Crippen molar-refractivity contribution in [3.05, 3.63) is 29.3 Å². The highest BCUT2D eigenvalue weighted by Gasteiger charge is 2.18. The van der Waals surface area contributed by atoms with E-state index >= 15 is 0 Å². The molecule has 0 aliphatic rings. The minimum absolute atomic E-state index is 0.0643. The Labute approximate surface area is 146 Å². The molecule has 2 N–H and O–H groups in total. The monoisotopic (exact) mass is 334 g/mol. The maximum atomic E-state index is 12.3. The van der Waals surface area contributed by atoms with E-state index in [4.69, 9.17) is 0 Å². The van der Waals surface area contributed by atoms with E-state index in [0.717, 1.165) is 47.6 Å². The summed E-state index contributed by atoms with van der Waals surface area (Å²) < 4.78 is 0. The molecule has 0 bridgehead atoms. The average molecular weight is 334 g/mol. The van der Waals surface area contributed by atoms with Gasteiger partial charge in [0.2, 0.25) is 0 Å². The summed E-state index contributed by atoms with van der Waals surface area (Å²) in [4.78, 5) is 27.3. The van der Waals surface area contributed by atoms with Gasteiger partial charge in [-0.2, -0.15) is 0 Å². The van der Waals surface area contributed by atoms with Crippen LogP contribution < -0.4 is 10.2 Å². The van der Waals surface area contributed by atoms with Crippen LogP contribution in [0.15, 0.2) is 18.2 Å². The number of hydrogen-bond acceptors (Lipinski definition) is 2. The lowest BCUT2D eigenvalue weighted by Gasteiger charge is -2.22. The maximum absolute atomic E-state index is 12.3. The number of anilines is 1. The Hall–Kier alpha value is -1.88. The molecule has 5 heteroatoms. The van der Waals surface area contributed by atoms with Gasteiger partial charge in [-0.1, -0.05) is 25.5 Å². The minimum Gasteiger partial charge on any atom is -0.338 e. The summed E-state index contributed by atoms with van der Waals surface area (Å²) in [6, 6.07) is 5.87. The Morgan fingerprint density at radius 3 is 2.50 bits per heavy atom. The molecule has 1 rings (SSSR count). The molecule has 0 heterocycles. The number of nitrogens with one attached hydrogen (secondary N) is 2. The number of amides is 2. The number of aryl methyl sites for hydroxylation is 1. The van der Waals surface area contributed by atoms with Gasteiger partial charge < -0.3 is 15.1 Å². The van der Waals surface area contributed by atoms with Crippen molar-refractivity contribution in [2.45, 2.75) is 40.5 Å². The first-order chi connectivity index (χ1) is 11.4. The molecule has 5 nitrogen and oxygen atoms in total. The largest absolute Gasteiger partial charge is 0.338 e. The molecule has 0 saturated carbocycles. The highest BCUT2D eigenvalue weighted by Crippen LogP contribution is 2.17. The van der Waals surface area contributed by atoms with Gasteiger partial charge in [-0.3, -0.25) is 9.59 Å². The van der Waals surface area contributed by atoms with Crippen molar-refractivity contribution in [3.8, 4) is 0 Å². The normalized spacial score (nSPS) is 11.9. The Morgan fingerprint density at radius 1 is 1.17 bits per heavy atom. The number of likely N-dealkylation sites (N-methyl/N-ethyl adjacent to an activating group) is 2. The third-order valence-corrected chi connectivity index (χ3v) is 4.31. The van der Waals surface area contributed by atoms with Gasteiger partial charge in [0, 0.05) is 18.8 Å². The number of carbonyl (C=O) groups excluding carboxylic acids is 2. The van der Waals surface area contributed by atoms with Crippen LogP contribution in [-0.2, 0) is 9.59 Å². The number of nitrogens with zero attached hydrogens (tertiary/aromatic N) is 1. The molecule has 2 amide bonds. The fraction of sp³-hybridized carbons (Fsp3) is 0.579. The third-order valence-electron chi connectivity index (χ3n) is 4.31. The summed E-state index contributed by atoms with van der Waals surface area (Å²) in [5, 5.41) is 2.95. The quantitative estimate of drug-likeness (QED) is 0.717. The third kappa shape index (κ3) is 6.32. The first-order valence-corrected chi connectivity index (χ1v) is 8.84. The lowest BCUT2D eigenvalue weighted by atomic mass is 10.1. The molecule has 0 spiro atoms. The van der Waals surface area contributed by atoms with E-state index in [1.165, 1.54) is 0 Å². The second-order valence-corrected chi connectivity index (χ2v) is 6.43. The zero-order valence-corrected chi connectivity index (χ0v) is 15.7. The number of unbranched alkanes of at least 4 members (excludes halogenated alkanes) is 1. The molecule has 24 heavy (non-hydrogen) atoms. The number of quaternary nitrogens is 1. The van der Waals surface area contributed by atoms with Crippen molar-refractivity contribution in [1.82, 2.24) is 4.90 Å². The van der Waals surface area contributed by atoms with E-state index in [2.05, 4.69) is 12.2 Å². The van der Waals surface area contributed by atoms with Crippen LogP contribution in [-0.4, -0.2) is 49.9 Å². The number of benzene rings is 1. The predicted molar refractivity (Wildman–Crippen MR) is 98.3 cm³/mol. The van der Waals surface area contributed by atoms with Crippen LogP contribution >= 0.6 is 0 Å². The van der Waals surface area contributed by atoms with Gasteiger partial charge in [0.25, 0.3) is 11.8 Å². The summed E-state index contributed by atoms with van der Waals surface area (Å²) in [5.41, 5.74) is 3.08. The van der Waals surface area contributed by atoms with Crippen molar-refractivity contribution >= 4 is 17.5 Å². The highest BCUT2D eigenvalue weighted by atomic mass is 16.2. The summed E-state index contributed by atoms with van der Waals surface area (Å²) in [7, 11) is 1.88. The van der Waals surface area contributed by atoms with Crippen LogP contribution in [0, 0.1) is 13.8 Å². The molecule has 0 aromatic heterocycles. The average Bonchev–Trinajstić information content (AvgIpc) is 2.52. The lowest BCUT2D eigenvalue weighted by Crippen LogP contribution is -3.11. The molecule has 0 aliphatic heterocycles. The molecule has 1 aromatic carbocycles. The van der Waals surface area contributed by atoms with Gasteiger partial charge >= 0.3 is 0 Å². The van der Waals surface area contributed by atoms with E-state index in [1.54, 1.807) is 0 Å². The molecule has 0 saturated heterocycles. The molecular formula is C19H32N3O2+. The van der Waals surface area contributed by atoms with Crippen molar-refractivity contribution in [2.75, 3.05) is 38.5 Å². The SMILES string of the molecule is CCCCN(CC)C(=O)C[NH+](C)CC(=O)Nc1cccc(C)c1C. The van der Waals surface area contributed by atoms with Crippen LogP contribution in [0.2, 0.25) is 0 Å². The van der Waals surface area contributed by atoms with Crippen molar-refractivity contribution in [3.63, 3.8) is 0 Å². The standard InChI is InChI=1S/C19H31N3O2/c1-6-8-12-22(7-2)19(24)14-21(5)13-18(23)20-17-11-9-10-15(3)16(17)4/h9-11H,6-8,12-14H2,1-5H3,(H,20,23)/p+1. The molecule has 0 radical (unpaired) electrons. The number of rotatable bonds is 9. The zero-order valence-electron chi connectivity index (χ0n) is 15.7. The smallest absolute Gasteiger partial charge is 0.279 e. The molecule has 0 fully saturated rings. The second-order valence-electron chi connectivity index (χ2n) is 6.43. The Balaban J connectivity index is 2.51. The van der Waals surface area contributed by atoms with E-state index in [9.17, 15) is 9.59 Å². The molecule has 0 aliphatic carbocycles. The summed E-state index contributed by atoms with van der Waals surface area (Å²) in [6.07, 6.45) is 2.09. The zero-order chi connectivity index (χ0) is 18.1. The Morgan fingerprint density at radius 2 is 1.88 bits per heavy atom. The predicted octanol–water partition coefficient (Wildman–Crippen LogP) is 1.41. The van der Waals surface area contributed by atoms with Gasteiger partial charge in [0.05, 0.1) is 7.05 Å². The van der Waals surface area contributed by atoms with Crippen molar-refractivity contribution < 1.29 is 14.5 Å². The molecule has 134 valence electrons. The Kier molecular flexibility index (Phi) is 8.47. The summed E-state index contributed by atoms with van der Waals surface area (Å²) in [6.45, 7) is 10.3. The van der Waals surface area contributed by atoms with E-state index in [-0.39, 0.29) is 18.4 Å². The van der Waals surface area contributed by atoms with Gasteiger partial charge in [-0.05, 0) is 44.4 Å². The van der Waals surface area contributed by atoms with Crippen LogP contribution in [0.4, 0.5) is 5.69 Å². The van der Waals surface area contributed by atoms with E-state index < -0.39 is 0 Å². The summed E-state index contributed by atoms with van der Waals surface area (Å²) >= 11 is 0. The highest BCUT2D eigenvalue weighted by molar-refractivity contribution is 5.92. The van der Waals surface area contributed by atoms with Gasteiger partial charge in [-0.25, -0.2) is 0 Å². The van der Waals surface area contributed by atoms with Crippen LogP contribution in [0.5, 0.6) is 0 Å². The maximum Gasteiger partial charge on any atom is 0.279 e. The minimum atomic E-state index is -0.0643. The Bertz CT molecular complexity index is 558.